The SMILES string of the molecule is [O-][N+]1(c2ccccc2)c2ccccc2C(c2ccc(Br)cc2)P1c1ccc(Br)cc1. The Morgan fingerprint density at radius 1 is 0.667 bits per heavy atom. The second-order valence-electron chi connectivity index (χ2n) is 7.25. The summed E-state index contributed by atoms with van der Waals surface area (Å²) in [6.45, 7) is 0. The highest BCUT2D eigenvalue weighted by Crippen LogP contribution is 2.72. The Labute approximate surface area is 194 Å². The zero-order valence-corrected chi connectivity index (χ0v) is 20.0. The third-order valence-electron chi connectivity index (χ3n) is 5.49. The fourth-order valence-corrected chi connectivity index (χ4v) is 7.83. The van der Waals surface area contributed by atoms with Gasteiger partial charge in [0.15, 0.2) is 8.07 Å². The lowest BCUT2D eigenvalue weighted by Crippen LogP contribution is -2.33. The summed E-state index contributed by atoms with van der Waals surface area (Å²) in [5, 5.41) is 16.0. The number of quaternary nitrogens is 1. The Balaban J connectivity index is 1.81. The van der Waals surface area contributed by atoms with Gasteiger partial charge in [-0.25, -0.2) is 0 Å². The van der Waals surface area contributed by atoms with E-state index in [1.54, 1.807) is 0 Å². The number of benzene rings is 4. The molecule has 0 aromatic heterocycles. The van der Waals surface area contributed by atoms with Crippen molar-refractivity contribution < 1.29 is 0 Å². The zero-order chi connectivity index (χ0) is 20.7. The number of nitrogens with zero attached hydrogens (tertiary/aromatic N) is 1. The lowest BCUT2D eigenvalue weighted by Gasteiger charge is -2.44. The molecule has 0 radical (unpaired) electrons. The summed E-state index contributed by atoms with van der Waals surface area (Å²) in [5.41, 5.74) is 3.92. The van der Waals surface area contributed by atoms with E-state index in [4.69, 9.17) is 0 Å². The normalized spacial score (nSPS) is 22.6. The number of rotatable bonds is 3. The molecule has 5 heteroatoms. The summed E-state index contributed by atoms with van der Waals surface area (Å²) in [6.07, 6.45) is 0. The van der Waals surface area contributed by atoms with E-state index in [1.165, 1.54) is 5.56 Å². The number of hydrogen-bond donors (Lipinski definition) is 0. The zero-order valence-electron chi connectivity index (χ0n) is 16.0. The molecule has 3 atom stereocenters. The maximum Gasteiger partial charge on any atom is 0.159 e. The van der Waals surface area contributed by atoms with Gasteiger partial charge >= 0.3 is 0 Å². The van der Waals surface area contributed by atoms with Crippen LogP contribution in [0, 0.1) is 5.21 Å². The molecule has 2 nitrogen and oxygen atoms in total. The van der Waals surface area contributed by atoms with Crippen molar-refractivity contribution in [3.63, 3.8) is 0 Å². The smallest absolute Gasteiger partial charge is 0.159 e. The van der Waals surface area contributed by atoms with Crippen molar-refractivity contribution in [3.05, 3.63) is 128 Å². The molecule has 4 aromatic carbocycles. The molecule has 0 N–H and O–H groups in total. The quantitative estimate of drug-likeness (QED) is 0.190. The molecule has 0 amide bonds. The van der Waals surface area contributed by atoms with Gasteiger partial charge < -0.3 is 5.21 Å². The largest absolute Gasteiger partial charge is 0.620 e. The molecule has 1 aliphatic heterocycles. The second kappa shape index (κ2) is 8.03. The van der Waals surface area contributed by atoms with Crippen LogP contribution in [-0.2, 0) is 0 Å². The fraction of sp³-hybridized carbons (Fsp3) is 0.0400. The topological polar surface area (TPSA) is 23.1 Å². The van der Waals surface area contributed by atoms with Crippen molar-refractivity contribution in [3.8, 4) is 0 Å². The van der Waals surface area contributed by atoms with Gasteiger partial charge in [0.05, 0.1) is 5.66 Å². The molecule has 0 bridgehead atoms. The maximum atomic E-state index is 14.9. The van der Waals surface area contributed by atoms with E-state index in [0.717, 1.165) is 31.2 Å². The first-order chi connectivity index (χ1) is 14.6. The third kappa shape index (κ3) is 3.28. The van der Waals surface area contributed by atoms with Gasteiger partial charge in [0.1, 0.15) is 11.4 Å². The fourth-order valence-electron chi connectivity index (χ4n) is 4.17. The first kappa shape index (κ1) is 20.1. The highest BCUT2D eigenvalue weighted by Gasteiger charge is 2.51. The first-order valence-corrected chi connectivity index (χ1v) is 12.6. The van der Waals surface area contributed by atoms with E-state index in [1.807, 2.05) is 60.7 Å². The molecule has 0 spiro atoms. The molecular formula is C25H18Br2NOP. The van der Waals surface area contributed by atoms with Crippen LogP contribution in [0.5, 0.6) is 0 Å². The van der Waals surface area contributed by atoms with E-state index in [9.17, 15) is 5.21 Å². The van der Waals surface area contributed by atoms with Crippen LogP contribution in [0.15, 0.2) is 112 Å². The van der Waals surface area contributed by atoms with E-state index >= 15 is 0 Å². The van der Waals surface area contributed by atoms with Crippen LogP contribution in [0.3, 0.4) is 0 Å². The summed E-state index contributed by atoms with van der Waals surface area (Å²) < 4.78 is 1.62. The maximum absolute atomic E-state index is 14.9. The predicted octanol–water partition coefficient (Wildman–Crippen LogP) is 8.17. The highest BCUT2D eigenvalue weighted by atomic mass is 79.9. The van der Waals surface area contributed by atoms with Crippen LogP contribution >= 0.6 is 39.9 Å². The van der Waals surface area contributed by atoms with Crippen molar-refractivity contribution in [2.24, 2.45) is 0 Å². The van der Waals surface area contributed by atoms with Crippen molar-refractivity contribution in [2.45, 2.75) is 5.66 Å². The van der Waals surface area contributed by atoms with Crippen molar-refractivity contribution >= 4 is 56.6 Å². The summed E-state index contributed by atoms with van der Waals surface area (Å²) in [6, 6.07) is 34.6. The molecule has 5 rings (SSSR count). The van der Waals surface area contributed by atoms with Crippen molar-refractivity contribution in [2.75, 3.05) is 0 Å². The third-order valence-corrected chi connectivity index (χ3v) is 9.49. The molecule has 148 valence electrons. The van der Waals surface area contributed by atoms with Crippen molar-refractivity contribution in [1.82, 2.24) is 4.42 Å². The lowest BCUT2D eigenvalue weighted by molar-refractivity contribution is 0.814. The van der Waals surface area contributed by atoms with Gasteiger partial charge in [-0.2, -0.15) is 0 Å². The molecular weight excluding hydrogens is 521 g/mol. The van der Waals surface area contributed by atoms with Gasteiger partial charge in [-0.1, -0.05) is 80.4 Å². The van der Waals surface area contributed by atoms with Crippen LogP contribution in [0.25, 0.3) is 0 Å². The highest BCUT2D eigenvalue weighted by molar-refractivity contribution is 9.10. The van der Waals surface area contributed by atoms with E-state index in [-0.39, 0.29) is 5.66 Å². The summed E-state index contributed by atoms with van der Waals surface area (Å²) in [7, 11) is -1.20. The number of para-hydroxylation sites is 2. The van der Waals surface area contributed by atoms with E-state index in [2.05, 4.69) is 74.3 Å². The average molecular weight is 539 g/mol. The standard InChI is InChI=1S/C25H18Br2NOP/c26-19-12-10-18(11-13-19)25-23-8-4-5-9-24(23)28(29,21-6-2-1-3-7-21)30(25)22-16-14-20(27)15-17-22/h1-17,25H. The van der Waals surface area contributed by atoms with Gasteiger partial charge in [-0.3, -0.25) is 4.42 Å². The van der Waals surface area contributed by atoms with Gasteiger partial charge in [-0.15, -0.1) is 0 Å². The van der Waals surface area contributed by atoms with Crippen LogP contribution < -0.4 is 9.72 Å². The molecule has 3 unspecified atom stereocenters. The molecule has 0 saturated heterocycles. The van der Waals surface area contributed by atoms with Crippen LogP contribution in [-0.4, -0.2) is 0 Å². The number of fused-ring (bicyclic) bond motifs is 1. The monoisotopic (exact) mass is 537 g/mol. The summed E-state index contributed by atoms with van der Waals surface area (Å²) in [4.78, 5) is 0. The van der Waals surface area contributed by atoms with Gasteiger partial charge in [0.2, 0.25) is 0 Å². The molecule has 0 saturated carbocycles. The number of halogens is 2. The van der Waals surface area contributed by atoms with E-state index < -0.39 is 12.5 Å². The van der Waals surface area contributed by atoms with Gasteiger partial charge in [0.25, 0.3) is 0 Å². The minimum atomic E-state index is -1.20. The van der Waals surface area contributed by atoms with E-state index in [0.29, 0.717) is 0 Å². The second-order valence-corrected chi connectivity index (χ2v) is 11.4. The Morgan fingerprint density at radius 2 is 1.23 bits per heavy atom. The molecule has 1 aliphatic rings. The average Bonchev–Trinajstić information content (AvgIpc) is 3.06. The van der Waals surface area contributed by atoms with Crippen molar-refractivity contribution in [1.29, 1.82) is 0 Å². The minimum Gasteiger partial charge on any atom is -0.620 e. The molecule has 30 heavy (non-hydrogen) atoms. The lowest BCUT2D eigenvalue weighted by atomic mass is 10.0. The van der Waals surface area contributed by atoms with Gasteiger partial charge in [0, 0.05) is 25.9 Å². The Hall–Kier alpha value is -1.81. The number of hydrogen-bond acceptors (Lipinski definition) is 1. The predicted molar refractivity (Wildman–Crippen MR) is 134 cm³/mol. The first-order valence-electron chi connectivity index (χ1n) is 9.65. The molecule has 4 aromatic rings. The Bertz CT molecular complexity index is 1180. The minimum absolute atomic E-state index is 0.0168. The molecule has 1 heterocycles. The Morgan fingerprint density at radius 3 is 1.90 bits per heavy atom. The van der Waals surface area contributed by atoms with Crippen LogP contribution in [0.2, 0.25) is 0 Å². The van der Waals surface area contributed by atoms with Gasteiger partial charge in [-0.05, 0) is 54.1 Å². The molecule has 0 fully saturated rings. The van der Waals surface area contributed by atoms with Crippen LogP contribution in [0.4, 0.5) is 11.4 Å². The summed E-state index contributed by atoms with van der Waals surface area (Å²) in [5.74, 6) is 0. The molecule has 0 aliphatic carbocycles. The summed E-state index contributed by atoms with van der Waals surface area (Å²) >= 11 is 7.09. The Kier molecular flexibility index (Phi) is 5.38. The van der Waals surface area contributed by atoms with Crippen LogP contribution in [0.1, 0.15) is 16.8 Å².